The summed E-state index contributed by atoms with van der Waals surface area (Å²) in [6.07, 6.45) is 0.724. The molecule has 0 fully saturated rings. The molecular weight excluding hydrogens is 384 g/mol. The van der Waals surface area contributed by atoms with E-state index in [0.29, 0.717) is 13.0 Å². The third-order valence-corrected chi connectivity index (χ3v) is 5.56. The Bertz CT molecular complexity index is 1030. The molecule has 0 bridgehead atoms. The van der Waals surface area contributed by atoms with E-state index < -0.39 is 6.04 Å². The number of aryl methyl sites for hydroxylation is 2. The highest BCUT2D eigenvalue weighted by Crippen LogP contribution is 2.18. The van der Waals surface area contributed by atoms with Crippen molar-refractivity contribution < 1.29 is 9.59 Å². The molecule has 4 heteroatoms. The second-order valence-electron chi connectivity index (χ2n) is 7.93. The summed E-state index contributed by atoms with van der Waals surface area (Å²) in [5.41, 5.74) is 5.24. The van der Waals surface area contributed by atoms with Gasteiger partial charge in [0, 0.05) is 20.0 Å². The minimum absolute atomic E-state index is 0.0571. The van der Waals surface area contributed by atoms with Crippen LogP contribution in [0.2, 0.25) is 0 Å². The molecule has 3 aromatic carbocycles. The van der Waals surface area contributed by atoms with Gasteiger partial charge in [-0.05, 0) is 36.1 Å². The molecular formula is C27H30N2O2. The molecule has 0 unspecified atom stereocenters. The zero-order valence-electron chi connectivity index (χ0n) is 18.5. The van der Waals surface area contributed by atoms with Crippen LogP contribution in [0.25, 0.3) is 0 Å². The highest BCUT2D eigenvalue weighted by Gasteiger charge is 2.30. The number of hydrogen-bond donors (Lipinski definition) is 1. The Balaban J connectivity index is 1.95. The summed E-state index contributed by atoms with van der Waals surface area (Å²) >= 11 is 0. The summed E-state index contributed by atoms with van der Waals surface area (Å²) in [6.45, 7) is 4.44. The van der Waals surface area contributed by atoms with Gasteiger partial charge in [-0.25, -0.2) is 0 Å². The molecule has 0 aromatic heterocycles. The molecule has 0 aliphatic heterocycles. The fourth-order valence-corrected chi connectivity index (χ4v) is 3.79. The van der Waals surface area contributed by atoms with Crippen LogP contribution in [0.4, 0.5) is 0 Å². The Morgan fingerprint density at radius 2 is 1.55 bits per heavy atom. The van der Waals surface area contributed by atoms with Crippen molar-refractivity contribution in [2.24, 2.45) is 0 Å². The van der Waals surface area contributed by atoms with Gasteiger partial charge in [0.1, 0.15) is 6.04 Å². The van der Waals surface area contributed by atoms with Gasteiger partial charge in [-0.3, -0.25) is 9.59 Å². The number of nitrogens with zero attached hydrogens (tertiary/aromatic N) is 1. The topological polar surface area (TPSA) is 49.4 Å². The van der Waals surface area contributed by atoms with Gasteiger partial charge in [0.2, 0.25) is 11.8 Å². The lowest BCUT2D eigenvalue weighted by Crippen LogP contribution is -2.50. The third-order valence-electron chi connectivity index (χ3n) is 5.56. The monoisotopic (exact) mass is 414 g/mol. The molecule has 0 aliphatic carbocycles. The van der Waals surface area contributed by atoms with E-state index in [9.17, 15) is 9.59 Å². The van der Waals surface area contributed by atoms with Crippen molar-refractivity contribution in [3.05, 3.63) is 107 Å². The highest BCUT2D eigenvalue weighted by atomic mass is 16.2. The summed E-state index contributed by atoms with van der Waals surface area (Å²) < 4.78 is 0. The summed E-state index contributed by atoms with van der Waals surface area (Å²) in [5, 5.41) is 2.76. The number of carbonyl (C=O) groups excluding carboxylic acids is 2. The van der Waals surface area contributed by atoms with E-state index in [1.165, 1.54) is 0 Å². The van der Waals surface area contributed by atoms with E-state index in [4.69, 9.17) is 0 Å². The first-order valence-corrected chi connectivity index (χ1v) is 10.6. The fourth-order valence-electron chi connectivity index (χ4n) is 3.79. The van der Waals surface area contributed by atoms with Gasteiger partial charge in [0.15, 0.2) is 0 Å². The molecule has 3 aromatic rings. The standard InChI is InChI=1S/C27H30N2O2/c1-20-10-9-14-23(16-20)18-26(30)29(19-24-15-8-7-11-21(24)2)25(27(31)28-3)17-22-12-5-4-6-13-22/h4-16,25H,17-19H2,1-3H3,(H,28,31)/t25-/m1/s1. The largest absolute Gasteiger partial charge is 0.357 e. The molecule has 4 nitrogen and oxygen atoms in total. The van der Waals surface area contributed by atoms with E-state index in [0.717, 1.165) is 27.8 Å². The molecule has 2 amide bonds. The molecule has 0 saturated heterocycles. The molecule has 3 rings (SSSR count). The van der Waals surface area contributed by atoms with E-state index in [1.54, 1.807) is 11.9 Å². The van der Waals surface area contributed by atoms with Crippen molar-refractivity contribution in [2.75, 3.05) is 7.05 Å². The Morgan fingerprint density at radius 1 is 0.871 bits per heavy atom. The van der Waals surface area contributed by atoms with Gasteiger partial charge >= 0.3 is 0 Å². The van der Waals surface area contributed by atoms with Crippen LogP contribution in [0, 0.1) is 13.8 Å². The summed E-state index contributed by atoms with van der Waals surface area (Å²) in [4.78, 5) is 28.2. The van der Waals surface area contributed by atoms with Crippen LogP contribution in [-0.4, -0.2) is 29.8 Å². The molecule has 0 radical (unpaired) electrons. The number of benzene rings is 3. The fraction of sp³-hybridized carbons (Fsp3) is 0.259. The van der Waals surface area contributed by atoms with Crippen LogP contribution in [0.5, 0.6) is 0 Å². The SMILES string of the molecule is CNC(=O)[C@@H](Cc1ccccc1)N(Cc1ccccc1C)C(=O)Cc1cccc(C)c1. The Hall–Kier alpha value is -3.40. The van der Waals surface area contributed by atoms with Crippen molar-refractivity contribution in [1.29, 1.82) is 0 Å². The number of nitrogens with one attached hydrogen (secondary N) is 1. The van der Waals surface area contributed by atoms with E-state index in [-0.39, 0.29) is 18.2 Å². The van der Waals surface area contributed by atoms with Gasteiger partial charge in [0.05, 0.1) is 6.42 Å². The van der Waals surface area contributed by atoms with Crippen molar-refractivity contribution in [1.82, 2.24) is 10.2 Å². The first-order valence-electron chi connectivity index (χ1n) is 10.6. The summed E-state index contributed by atoms with van der Waals surface area (Å²) in [6, 6.07) is 25.2. The van der Waals surface area contributed by atoms with Crippen molar-refractivity contribution in [2.45, 2.75) is 39.3 Å². The third kappa shape index (κ3) is 6.05. The number of carbonyl (C=O) groups is 2. The average molecular weight is 415 g/mol. The van der Waals surface area contributed by atoms with Crippen LogP contribution in [0.15, 0.2) is 78.9 Å². The van der Waals surface area contributed by atoms with Gasteiger partial charge < -0.3 is 10.2 Å². The molecule has 160 valence electrons. The maximum Gasteiger partial charge on any atom is 0.242 e. The minimum atomic E-state index is -0.593. The Kier molecular flexibility index (Phi) is 7.60. The van der Waals surface area contributed by atoms with Crippen LogP contribution in [0.1, 0.15) is 27.8 Å². The molecule has 0 spiro atoms. The zero-order valence-corrected chi connectivity index (χ0v) is 18.5. The summed E-state index contributed by atoms with van der Waals surface area (Å²) in [5.74, 6) is -0.214. The number of hydrogen-bond acceptors (Lipinski definition) is 2. The molecule has 0 saturated carbocycles. The number of rotatable bonds is 8. The molecule has 0 heterocycles. The molecule has 0 aliphatic rings. The quantitative estimate of drug-likeness (QED) is 0.600. The van der Waals surface area contributed by atoms with Gasteiger partial charge in [-0.1, -0.05) is 84.4 Å². The number of likely N-dealkylation sites (N-methyl/N-ethyl adjacent to an activating group) is 1. The summed E-state index contributed by atoms with van der Waals surface area (Å²) in [7, 11) is 1.62. The maximum absolute atomic E-state index is 13.5. The van der Waals surface area contributed by atoms with Crippen molar-refractivity contribution >= 4 is 11.8 Å². The van der Waals surface area contributed by atoms with Crippen LogP contribution in [0.3, 0.4) is 0 Å². The van der Waals surface area contributed by atoms with Crippen LogP contribution < -0.4 is 5.32 Å². The maximum atomic E-state index is 13.5. The van der Waals surface area contributed by atoms with E-state index in [2.05, 4.69) is 5.32 Å². The van der Waals surface area contributed by atoms with E-state index >= 15 is 0 Å². The lowest BCUT2D eigenvalue weighted by atomic mass is 10.00. The van der Waals surface area contributed by atoms with Gasteiger partial charge in [-0.15, -0.1) is 0 Å². The van der Waals surface area contributed by atoms with Crippen molar-refractivity contribution in [3.8, 4) is 0 Å². The minimum Gasteiger partial charge on any atom is -0.357 e. The molecule has 1 atom stereocenters. The molecule has 31 heavy (non-hydrogen) atoms. The van der Waals surface area contributed by atoms with Crippen LogP contribution >= 0.6 is 0 Å². The van der Waals surface area contributed by atoms with Gasteiger partial charge in [0.25, 0.3) is 0 Å². The second-order valence-corrected chi connectivity index (χ2v) is 7.93. The van der Waals surface area contributed by atoms with E-state index in [1.807, 2.05) is 92.7 Å². The van der Waals surface area contributed by atoms with Gasteiger partial charge in [-0.2, -0.15) is 0 Å². The van der Waals surface area contributed by atoms with Crippen molar-refractivity contribution in [3.63, 3.8) is 0 Å². The average Bonchev–Trinajstić information content (AvgIpc) is 2.77. The zero-order chi connectivity index (χ0) is 22.2. The normalized spacial score (nSPS) is 11.6. The predicted octanol–water partition coefficient (Wildman–Crippen LogP) is 4.23. The highest BCUT2D eigenvalue weighted by molar-refractivity contribution is 5.88. The Labute approximate surface area is 184 Å². The first-order chi connectivity index (χ1) is 15.0. The van der Waals surface area contributed by atoms with Crippen LogP contribution in [-0.2, 0) is 29.0 Å². The second kappa shape index (κ2) is 10.6. The lowest BCUT2D eigenvalue weighted by Gasteiger charge is -2.31. The predicted molar refractivity (Wildman–Crippen MR) is 125 cm³/mol. The molecule has 1 N–H and O–H groups in total. The smallest absolute Gasteiger partial charge is 0.242 e. The number of amides is 2. The lowest BCUT2D eigenvalue weighted by molar-refractivity contribution is -0.140. The first kappa shape index (κ1) is 22.3. The Morgan fingerprint density at radius 3 is 2.23 bits per heavy atom.